The zero-order chi connectivity index (χ0) is 14.1. The molecule has 1 aliphatic carbocycles. The third-order valence-corrected chi connectivity index (χ3v) is 4.66. The molecular weight excluding hydrogens is 317 g/mol. The average molecular weight is 334 g/mol. The molecule has 2 aromatic carbocycles. The third kappa shape index (κ3) is 2.65. The van der Waals surface area contributed by atoms with Gasteiger partial charge in [0, 0.05) is 10.5 Å². The highest BCUT2D eigenvalue weighted by molar-refractivity contribution is 9.10. The quantitative estimate of drug-likeness (QED) is 0.895. The number of aryl methyl sites for hydroxylation is 1. The van der Waals surface area contributed by atoms with Crippen molar-refractivity contribution in [1.82, 2.24) is 0 Å². The Kier molecular flexibility index (Phi) is 3.90. The molecule has 0 aliphatic heterocycles. The fraction of sp³-hybridized carbons (Fsp3) is 0.294. The number of benzene rings is 2. The molecule has 3 heteroatoms. The van der Waals surface area contributed by atoms with Crippen LogP contribution in [0.15, 0.2) is 46.9 Å². The fourth-order valence-corrected chi connectivity index (χ4v) is 3.45. The largest absolute Gasteiger partial charge is 0.327 e. The summed E-state index contributed by atoms with van der Waals surface area (Å²) in [5.41, 5.74) is 9.79. The van der Waals surface area contributed by atoms with Gasteiger partial charge in [-0.05, 0) is 54.0 Å². The molecule has 1 aliphatic rings. The van der Waals surface area contributed by atoms with Crippen molar-refractivity contribution in [3.8, 4) is 0 Å². The van der Waals surface area contributed by atoms with E-state index in [1.54, 1.807) is 0 Å². The maximum Gasteiger partial charge on any atom is 0.127 e. The van der Waals surface area contributed by atoms with Gasteiger partial charge in [0.05, 0.1) is 0 Å². The molecule has 0 aromatic heterocycles. The molecule has 20 heavy (non-hydrogen) atoms. The van der Waals surface area contributed by atoms with Gasteiger partial charge in [-0.1, -0.05) is 46.3 Å². The Morgan fingerprint density at radius 1 is 1.25 bits per heavy atom. The van der Waals surface area contributed by atoms with E-state index in [4.69, 9.17) is 5.73 Å². The average Bonchev–Trinajstić information content (AvgIpc) is 2.86. The van der Waals surface area contributed by atoms with Gasteiger partial charge in [0.15, 0.2) is 0 Å². The number of rotatable bonds is 3. The Bertz CT molecular complexity index is 626. The topological polar surface area (TPSA) is 26.0 Å². The van der Waals surface area contributed by atoms with Gasteiger partial charge in [0.25, 0.3) is 0 Å². The lowest BCUT2D eigenvalue weighted by Crippen LogP contribution is -2.30. The van der Waals surface area contributed by atoms with Crippen molar-refractivity contribution in [2.24, 2.45) is 5.73 Å². The number of fused-ring (bicyclic) bond motifs is 1. The summed E-state index contributed by atoms with van der Waals surface area (Å²) in [5.74, 6) is 0.162. The van der Waals surface area contributed by atoms with Gasteiger partial charge in [-0.15, -0.1) is 0 Å². The number of hydrogen-bond acceptors (Lipinski definition) is 1. The van der Waals surface area contributed by atoms with E-state index in [9.17, 15) is 4.39 Å². The first-order valence-electron chi connectivity index (χ1n) is 6.92. The summed E-state index contributed by atoms with van der Waals surface area (Å²) in [6.07, 6.45) is 2.73. The number of hydrogen-bond donors (Lipinski definition) is 1. The van der Waals surface area contributed by atoms with E-state index in [2.05, 4.69) is 40.2 Å². The number of nitrogens with two attached hydrogens (primary N) is 1. The SMILES string of the molecule is NC(Cc1ccc(Br)cc1F)C1CCc2ccccc21. The van der Waals surface area contributed by atoms with Crippen LogP contribution in [-0.2, 0) is 12.8 Å². The molecule has 3 rings (SSSR count). The minimum atomic E-state index is -0.180. The molecule has 2 atom stereocenters. The molecule has 0 amide bonds. The molecule has 2 unspecified atom stereocenters. The van der Waals surface area contributed by atoms with E-state index in [0.29, 0.717) is 17.9 Å². The Labute approximate surface area is 127 Å². The van der Waals surface area contributed by atoms with Gasteiger partial charge >= 0.3 is 0 Å². The molecule has 0 spiro atoms. The van der Waals surface area contributed by atoms with Gasteiger partial charge in [0.1, 0.15) is 5.82 Å². The summed E-state index contributed by atoms with van der Waals surface area (Å²) < 4.78 is 14.7. The summed E-state index contributed by atoms with van der Waals surface area (Å²) in [4.78, 5) is 0. The van der Waals surface area contributed by atoms with Gasteiger partial charge < -0.3 is 5.73 Å². The molecule has 0 saturated heterocycles. The highest BCUT2D eigenvalue weighted by Crippen LogP contribution is 2.35. The van der Waals surface area contributed by atoms with Crippen LogP contribution in [-0.4, -0.2) is 6.04 Å². The maximum atomic E-state index is 13.9. The lowest BCUT2D eigenvalue weighted by molar-refractivity contribution is 0.510. The molecule has 0 heterocycles. The maximum absolute atomic E-state index is 13.9. The predicted molar refractivity (Wildman–Crippen MR) is 83.3 cm³/mol. The van der Waals surface area contributed by atoms with Crippen molar-refractivity contribution in [2.75, 3.05) is 0 Å². The minimum absolute atomic E-state index is 0.0330. The van der Waals surface area contributed by atoms with Crippen molar-refractivity contribution in [3.63, 3.8) is 0 Å². The predicted octanol–water partition coefficient (Wildman–Crippen LogP) is 4.19. The van der Waals surface area contributed by atoms with E-state index < -0.39 is 0 Å². The van der Waals surface area contributed by atoms with Gasteiger partial charge in [-0.3, -0.25) is 0 Å². The molecular formula is C17H17BrFN. The molecule has 0 saturated carbocycles. The molecule has 104 valence electrons. The number of halogens is 2. The van der Waals surface area contributed by atoms with Crippen LogP contribution in [0, 0.1) is 5.82 Å². The van der Waals surface area contributed by atoms with E-state index in [1.165, 1.54) is 17.2 Å². The van der Waals surface area contributed by atoms with Crippen LogP contribution in [0.2, 0.25) is 0 Å². The smallest absolute Gasteiger partial charge is 0.127 e. The van der Waals surface area contributed by atoms with Crippen LogP contribution >= 0.6 is 15.9 Å². The van der Waals surface area contributed by atoms with E-state index in [1.807, 2.05) is 12.1 Å². The Balaban J connectivity index is 1.79. The van der Waals surface area contributed by atoms with Crippen LogP contribution in [0.3, 0.4) is 0 Å². The van der Waals surface area contributed by atoms with Crippen LogP contribution in [0.25, 0.3) is 0 Å². The fourth-order valence-electron chi connectivity index (χ4n) is 3.12. The second kappa shape index (κ2) is 5.66. The van der Waals surface area contributed by atoms with E-state index >= 15 is 0 Å². The lowest BCUT2D eigenvalue weighted by atomic mass is 9.89. The van der Waals surface area contributed by atoms with Crippen molar-refractivity contribution in [3.05, 3.63) is 69.4 Å². The zero-order valence-corrected chi connectivity index (χ0v) is 12.7. The van der Waals surface area contributed by atoms with Crippen molar-refractivity contribution in [2.45, 2.75) is 31.2 Å². The van der Waals surface area contributed by atoms with E-state index in [-0.39, 0.29) is 11.9 Å². The lowest BCUT2D eigenvalue weighted by Gasteiger charge is -2.20. The highest BCUT2D eigenvalue weighted by atomic mass is 79.9. The minimum Gasteiger partial charge on any atom is -0.327 e. The molecule has 2 aromatic rings. The van der Waals surface area contributed by atoms with Gasteiger partial charge in [0.2, 0.25) is 0 Å². The van der Waals surface area contributed by atoms with Crippen LogP contribution in [0.1, 0.15) is 29.0 Å². The molecule has 0 radical (unpaired) electrons. The Morgan fingerprint density at radius 2 is 2.05 bits per heavy atom. The Hall–Kier alpha value is -1.19. The summed E-state index contributed by atoms with van der Waals surface area (Å²) in [5, 5.41) is 0. The first-order chi connectivity index (χ1) is 9.65. The molecule has 1 nitrogen and oxygen atoms in total. The van der Waals surface area contributed by atoms with E-state index in [0.717, 1.165) is 17.3 Å². The zero-order valence-electron chi connectivity index (χ0n) is 11.2. The van der Waals surface area contributed by atoms with Crippen LogP contribution < -0.4 is 5.73 Å². The second-order valence-corrected chi connectivity index (χ2v) is 6.36. The second-order valence-electron chi connectivity index (χ2n) is 5.45. The molecule has 0 fully saturated rings. The molecule has 0 bridgehead atoms. The van der Waals surface area contributed by atoms with Gasteiger partial charge in [-0.2, -0.15) is 0 Å². The first kappa shape index (κ1) is 13.8. The monoisotopic (exact) mass is 333 g/mol. The van der Waals surface area contributed by atoms with Crippen molar-refractivity contribution < 1.29 is 4.39 Å². The summed E-state index contributed by atoms with van der Waals surface area (Å²) in [6, 6.07) is 13.6. The van der Waals surface area contributed by atoms with Crippen molar-refractivity contribution in [1.29, 1.82) is 0 Å². The molecule has 2 N–H and O–H groups in total. The highest BCUT2D eigenvalue weighted by Gasteiger charge is 2.27. The summed E-state index contributed by atoms with van der Waals surface area (Å²) in [6.45, 7) is 0. The summed E-state index contributed by atoms with van der Waals surface area (Å²) in [7, 11) is 0. The van der Waals surface area contributed by atoms with Crippen LogP contribution in [0.5, 0.6) is 0 Å². The standard InChI is InChI=1S/C17H17BrFN/c18-13-7-5-12(16(19)10-13)9-17(20)15-8-6-11-3-1-2-4-14(11)15/h1-5,7,10,15,17H,6,8-9,20H2. The van der Waals surface area contributed by atoms with Crippen molar-refractivity contribution >= 4 is 15.9 Å². The van der Waals surface area contributed by atoms with Gasteiger partial charge in [-0.25, -0.2) is 4.39 Å². The first-order valence-corrected chi connectivity index (χ1v) is 7.72. The summed E-state index contributed by atoms with van der Waals surface area (Å²) >= 11 is 3.28. The third-order valence-electron chi connectivity index (χ3n) is 4.17. The Morgan fingerprint density at radius 3 is 2.85 bits per heavy atom. The normalized spacial score (nSPS) is 18.9. The van der Waals surface area contributed by atoms with Crippen LogP contribution in [0.4, 0.5) is 4.39 Å².